The number of aryl methyl sites for hydroxylation is 1. The predicted octanol–water partition coefficient (Wildman–Crippen LogP) is 4.10. The molecule has 6 nitrogen and oxygen atoms in total. The summed E-state index contributed by atoms with van der Waals surface area (Å²) in [5, 5.41) is 3.27. The number of benzene rings is 1. The molecule has 0 atom stereocenters. The number of thiazole rings is 1. The molecule has 3 rings (SSSR count). The predicted molar refractivity (Wildman–Crippen MR) is 99.1 cm³/mol. The van der Waals surface area contributed by atoms with Crippen LogP contribution in [0.4, 0.5) is 5.13 Å². The Balaban J connectivity index is 1.85. The van der Waals surface area contributed by atoms with Gasteiger partial charge < -0.3 is 9.47 Å². The van der Waals surface area contributed by atoms with Crippen LogP contribution in [-0.4, -0.2) is 30.6 Å². The molecule has 0 aliphatic rings. The molecule has 1 aromatic carbocycles. The van der Waals surface area contributed by atoms with Crippen LogP contribution in [0.1, 0.15) is 32.5 Å². The summed E-state index contributed by atoms with van der Waals surface area (Å²) in [6.07, 6.45) is 0. The molecule has 0 aliphatic carbocycles. The van der Waals surface area contributed by atoms with E-state index in [1.54, 1.807) is 31.2 Å². The summed E-state index contributed by atoms with van der Waals surface area (Å²) in [7, 11) is 1.52. The number of ether oxygens (including phenoxy) is 2. The van der Waals surface area contributed by atoms with E-state index in [9.17, 15) is 9.59 Å². The Kier molecular flexibility index (Phi) is 5.00. The lowest BCUT2D eigenvalue weighted by Gasteiger charge is -2.07. The van der Waals surface area contributed by atoms with E-state index < -0.39 is 0 Å². The van der Waals surface area contributed by atoms with Crippen LogP contribution in [0.3, 0.4) is 0 Å². The van der Waals surface area contributed by atoms with Gasteiger partial charge in [-0.15, -0.1) is 11.3 Å². The van der Waals surface area contributed by atoms with Crippen molar-refractivity contribution < 1.29 is 19.1 Å². The number of carbonyl (C=O) groups excluding carboxylic acids is 2. The Labute approximate surface area is 152 Å². The van der Waals surface area contributed by atoms with Gasteiger partial charge in [0.25, 0.3) is 5.91 Å². The average Bonchev–Trinajstić information content (AvgIpc) is 3.14. The van der Waals surface area contributed by atoms with E-state index in [1.165, 1.54) is 29.8 Å². The first-order valence-corrected chi connectivity index (χ1v) is 9.19. The van der Waals surface area contributed by atoms with Crippen molar-refractivity contribution in [3.8, 4) is 5.75 Å². The Hall–Kier alpha value is -2.45. The van der Waals surface area contributed by atoms with Crippen molar-refractivity contribution in [3.63, 3.8) is 0 Å². The molecule has 0 spiro atoms. The van der Waals surface area contributed by atoms with E-state index in [4.69, 9.17) is 9.47 Å². The number of amides is 1. The van der Waals surface area contributed by atoms with Gasteiger partial charge in [0.15, 0.2) is 5.13 Å². The maximum Gasteiger partial charge on any atom is 0.348 e. The van der Waals surface area contributed by atoms with Crippen LogP contribution >= 0.6 is 22.7 Å². The number of anilines is 1. The Bertz CT molecular complexity index is 945. The molecule has 1 amide bonds. The number of aromatic nitrogens is 1. The van der Waals surface area contributed by atoms with Gasteiger partial charge >= 0.3 is 5.97 Å². The molecule has 3 aromatic rings. The van der Waals surface area contributed by atoms with E-state index in [0.29, 0.717) is 32.8 Å². The van der Waals surface area contributed by atoms with Gasteiger partial charge in [-0.2, -0.15) is 0 Å². The smallest absolute Gasteiger partial charge is 0.348 e. The zero-order chi connectivity index (χ0) is 18.0. The highest BCUT2D eigenvalue weighted by Crippen LogP contribution is 2.37. The quantitative estimate of drug-likeness (QED) is 0.678. The Morgan fingerprint density at radius 3 is 2.68 bits per heavy atom. The summed E-state index contributed by atoms with van der Waals surface area (Å²) in [5.41, 5.74) is 1.27. The molecule has 0 saturated carbocycles. The molecule has 0 saturated heterocycles. The highest BCUT2D eigenvalue weighted by Gasteiger charge is 2.21. The molecule has 2 heterocycles. The minimum atomic E-state index is -0.338. The van der Waals surface area contributed by atoms with Gasteiger partial charge in [0, 0.05) is 0 Å². The second-order valence-corrected chi connectivity index (χ2v) is 7.08. The van der Waals surface area contributed by atoms with Gasteiger partial charge in [-0.05, 0) is 31.5 Å². The molecule has 25 heavy (non-hydrogen) atoms. The third-order valence-electron chi connectivity index (χ3n) is 3.51. The first kappa shape index (κ1) is 17.4. The Morgan fingerprint density at radius 1 is 1.24 bits per heavy atom. The zero-order valence-corrected chi connectivity index (χ0v) is 15.5. The normalized spacial score (nSPS) is 10.7. The van der Waals surface area contributed by atoms with Crippen LogP contribution in [-0.2, 0) is 4.74 Å². The number of fused-ring (bicyclic) bond motifs is 1. The summed E-state index contributed by atoms with van der Waals surface area (Å²) in [6, 6.07) is 6.99. The van der Waals surface area contributed by atoms with Crippen LogP contribution in [0.15, 0.2) is 24.3 Å². The second-order valence-electron chi connectivity index (χ2n) is 5.08. The molecule has 0 unspecified atom stereocenters. The lowest BCUT2D eigenvalue weighted by molar-refractivity contribution is 0.0531. The van der Waals surface area contributed by atoms with Gasteiger partial charge in [0.1, 0.15) is 15.5 Å². The van der Waals surface area contributed by atoms with E-state index in [0.717, 1.165) is 10.3 Å². The van der Waals surface area contributed by atoms with Crippen LogP contribution in [0.5, 0.6) is 5.75 Å². The monoisotopic (exact) mass is 376 g/mol. The number of rotatable bonds is 5. The number of carbonyl (C=O) groups is 2. The zero-order valence-electron chi connectivity index (χ0n) is 13.9. The van der Waals surface area contributed by atoms with E-state index in [-0.39, 0.29) is 11.9 Å². The third kappa shape index (κ3) is 3.35. The van der Waals surface area contributed by atoms with E-state index in [1.807, 2.05) is 6.92 Å². The topological polar surface area (TPSA) is 77.5 Å². The Morgan fingerprint density at radius 2 is 2.00 bits per heavy atom. The maximum absolute atomic E-state index is 12.4. The third-order valence-corrected chi connectivity index (χ3v) is 5.89. The van der Waals surface area contributed by atoms with E-state index >= 15 is 0 Å². The summed E-state index contributed by atoms with van der Waals surface area (Å²) in [6.45, 7) is 3.96. The average molecular weight is 376 g/mol. The number of nitrogens with zero attached hydrogens (tertiary/aromatic N) is 1. The molecule has 0 fully saturated rings. The second kappa shape index (κ2) is 7.20. The fraction of sp³-hybridized carbons (Fsp3) is 0.235. The lowest BCUT2D eigenvalue weighted by atomic mass is 10.2. The van der Waals surface area contributed by atoms with Gasteiger partial charge in [-0.3, -0.25) is 10.1 Å². The van der Waals surface area contributed by atoms with Gasteiger partial charge in [0.2, 0.25) is 0 Å². The SMILES string of the molecule is CCOC(=O)c1sc2nc(NC(=O)c3ccccc3OC)sc2c1C. The number of nitrogens with one attached hydrogen (secondary N) is 1. The molecular weight excluding hydrogens is 360 g/mol. The minimum Gasteiger partial charge on any atom is -0.496 e. The summed E-state index contributed by atoms with van der Waals surface area (Å²) in [4.78, 5) is 30.1. The molecular formula is C17H16N2O4S2. The van der Waals surface area contributed by atoms with Crippen LogP contribution in [0.2, 0.25) is 0 Å². The van der Waals surface area contributed by atoms with Crippen molar-refractivity contribution >= 4 is 49.2 Å². The van der Waals surface area contributed by atoms with Crippen LogP contribution < -0.4 is 10.1 Å². The van der Waals surface area contributed by atoms with Gasteiger partial charge in [0.05, 0.1) is 24.0 Å². The molecule has 130 valence electrons. The summed E-state index contributed by atoms with van der Waals surface area (Å²) < 4.78 is 11.1. The van der Waals surface area contributed by atoms with Crippen molar-refractivity contribution in [2.75, 3.05) is 19.0 Å². The summed E-state index contributed by atoms with van der Waals surface area (Å²) in [5.74, 6) is -0.129. The van der Waals surface area contributed by atoms with Crippen molar-refractivity contribution in [2.24, 2.45) is 0 Å². The number of para-hydroxylation sites is 1. The fourth-order valence-corrected chi connectivity index (χ4v) is 4.54. The van der Waals surface area contributed by atoms with Crippen LogP contribution in [0.25, 0.3) is 9.53 Å². The van der Waals surface area contributed by atoms with Crippen molar-refractivity contribution in [2.45, 2.75) is 13.8 Å². The molecule has 0 bridgehead atoms. The van der Waals surface area contributed by atoms with Crippen molar-refractivity contribution in [3.05, 3.63) is 40.3 Å². The number of esters is 1. The lowest BCUT2D eigenvalue weighted by Crippen LogP contribution is -2.12. The minimum absolute atomic E-state index is 0.290. The van der Waals surface area contributed by atoms with Gasteiger partial charge in [-0.25, -0.2) is 9.78 Å². The highest BCUT2D eigenvalue weighted by molar-refractivity contribution is 7.30. The van der Waals surface area contributed by atoms with E-state index in [2.05, 4.69) is 10.3 Å². The van der Waals surface area contributed by atoms with Gasteiger partial charge in [-0.1, -0.05) is 23.5 Å². The number of methoxy groups -OCH3 is 1. The van der Waals surface area contributed by atoms with Crippen LogP contribution in [0, 0.1) is 6.92 Å². The summed E-state index contributed by atoms with van der Waals surface area (Å²) >= 11 is 2.61. The molecule has 8 heteroatoms. The largest absolute Gasteiger partial charge is 0.496 e. The van der Waals surface area contributed by atoms with Crippen molar-refractivity contribution in [1.29, 1.82) is 0 Å². The molecule has 0 aliphatic heterocycles. The van der Waals surface area contributed by atoms with Crippen molar-refractivity contribution in [1.82, 2.24) is 4.98 Å². The molecule has 0 radical (unpaired) electrons. The number of thiophene rings is 1. The maximum atomic E-state index is 12.4. The standard InChI is InChI=1S/C17H16N2O4S2/c1-4-23-16(21)13-9(2)12-15(24-13)19-17(25-12)18-14(20)10-7-5-6-8-11(10)22-3/h5-8H,4H2,1-3H3,(H,18,19,20). The number of hydrogen-bond acceptors (Lipinski definition) is 7. The molecule has 1 N–H and O–H groups in total. The number of hydrogen-bond donors (Lipinski definition) is 1. The highest BCUT2D eigenvalue weighted by atomic mass is 32.1. The molecule has 2 aromatic heterocycles. The first-order chi connectivity index (χ1) is 12.0. The fourth-order valence-electron chi connectivity index (χ4n) is 2.33. The first-order valence-electron chi connectivity index (χ1n) is 7.56.